The molecule has 2 aliphatic rings. The van der Waals surface area contributed by atoms with E-state index in [9.17, 15) is 13.2 Å². The molecule has 2 aliphatic carbocycles. The van der Waals surface area contributed by atoms with E-state index in [2.05, 4.69) is 10.0 Å². The van der Waals surface area contributed by atoms with Crippen molar-refractivity contribution >= 4 is 33.2 Å². The Hall–Kier alpha value is -1.27. The Labute approximate surface area is 135 Å². The number of hydrogen-bond acceptors (Lipinski definition) is 3. The number of rotatable bonds is 4. The van der Waals surface area contributed by atoms with E-state index < -0.39 is 10.0 Å². The first-order chi connectivity index (χ1) is 10.3. The van der Waals surface area contributed by atoms with Gasteiger partial charge in [-0.15, -0.1) is 0 Å². The van der Waals surface area contributed by atoms with Gasteiger partial charge in [0.15, 0.2) is 0 Å². The number of benzene rings is 1. The maximum Gasteiger partial charge on any atom is 0.253 e. The fraction of sp³-hybridized carbons (Fsp3) is 0.533. The third-order valence-corrected chi connectivity index (χ3v) is 5.49. The third-order valence-electron chi connectivity index (χ3n) is 4.57. The summed E-state index contributed by atoms with van der Waals surface area (Å²) in [5.74, 6) is 1.17. The van der Waals surface area contributed by atoms with Crippen LogP contribution in [0.5, 0.6) is 0 Å². The van der Waals surface area contributed by atoms with Gasteiger partial charge in [-0.05, 0) is 49.3 Å². The summed E-state index contributed by atoms with van der Waals surface area (Å²) in [7, 11) is -3.36. The molecule has 120 valence electrons. The molecule has 22 heavy (non-hydrogen) atoms. The van der Waals surface area contributed by atoms with Crippen LogP contribution in [0.25, 0.3) is 0 Å². The average molecular weight is 343 g/mol. The number of carbonyl (C=O) groups is 1. The zero-order valence-corrected chi connectivity index (χ0v) is 13.9. The molecule has 2 saturated carbocycles. The van der Waals surface area contributed by atoms with Gasteiger partial charge in [0.05, 0.1) is 16.8 Å². The molecule has 5 nitrogen and oxygen atoms in total. The first-order valence-electron chi connectivity index (χ1n) is 7.40. The van der Waals surface area contributed by atoms with Crippen molar-refractivity contribution in [3.8, 4) is 0 Å². The lowest BCUT2D eigenvalue weighted by atomic mass is 9.95. The van der Waals surface area contributed by atoms with Crippen molar-refractivity contribution in [2.75, 3.05) is 11.0 Å². The molecule has 1 aromatic rings. The minimum absolute atomic E-state index is 0.187. The Morgan fingerprint density at radius 2 is 2.05 bits per heavy atom. The Morgan fingerprint density at radius 1 is 1.27 bits per heavy atom. The van der Waals surface area contributed by atoms with Crippen LogP contribution in [0.4, 0.5) is 5.69 Å². The van der Waals surface area contributed by atoms with Crippen molar-refractivity contribution in [2.24, 2.45) is 11.8 Å². The minimum Gasteiger partial charge on any atom is -0.349 e. The van der Waals surface area contributed by atoms with Crippen LogP contribution in [0, 0.1) is 11.8 Å². The van der Waals surface area contributed by atoms with E-state index in [4.69, 9.17) is 11.6 Å². The van der Waals surface area contributed by atoms with Crippen LogP contribution in [-0.4, -0.2) is 26.6 Å². The summed E-state index contributed by atoms with van der Waals surface area (Å²) in [4.78, 5) is 12.4. The molecular formula is C15H19ClN2O3S. The Morgan fingerprint density at radius 3 is 2.59 bits per heavy atom. The molecule has 3 atom stereocenters. The molecular weight excluding hydrogens is 324 g/mol. The summed E-state index contributed by atoms with van der Waals surface area (Å²) in [6, 6.07) is 4.80. The summed E-state index contributed by atoms with van der Waals surface area (Å²) in [6.07, 6.45) is 5.82. The van der Waals surface area contributed by atoms with Gasteiger partial charge in [-0.1, -0.05) is 18.0 Å². The van der Waals surface area contributed by atoms with Crippen molar-refractivity contribution in [1.82, 2.24) is 5.32 Å². The van der Waals surface area contributed by atoms with Gasteiger partial charge in [-0.3, -0.25) is 9.52 Å². The molecule has 1 amide bonds. The largest absolute Gasteiger partial charge is 0.349 e. The molecule has 0 heterocycles. The van der Waals surface area contributed by atoms with Gasteiger partial charge < -0.3 is 5.32 Å². The zero-order chi connectivity index (χ0) is 15.9. The van der Waals surface area contributed by atoms with E-state index in [0.717, 1.165) is 18.6 Å². The van der Waals surface area contributed by atoms with Gasteiger partial charge in [0.1, 0.15) is 0 Å². The highest BCUT2D eigenvalue weighted by molar-refractivity contribution is 7.92. The van der Waals surface area contributed by atoms with Crippen molar-refractivity contribution in [2.45, 2.75) is 31.7 Å². The van der Waals surface area contributed by atoms with Gasteiger partial charge in [0.25, 0.3) is 5.91 Å². The number of sulfonamides is 1. The monoisotopic (exact) mass is 342 g/mol. The molecule has 2 N–H and O–H groups in total. The predicted molar refractivity (Wildman–Crippen MR) is 86.6 cm³/mol. The fourth-order valence-corrected chi connectivity index (χ4v) is 4.47. The molecule has 2 bridgehead atoms. The molecule has 3 rings (SSSR count). The van der Waals surface area contributed by atoms with Crippen LogP contribution in [0.2, 0.25) is 5.02 Å². The topological polar surface area (TPSA) is 75.3 Å². The summed E-state index contributed by atoms with van der Waals surface area (Å²) in [5.41, 5.74) is 0.729. The molecule has 0 radical (unpaired) electrons. The molecule has 0 unspecified atom stereocenters. The standard InChI is InChI=1S/C15H19ClN2O3S/c1-22(20,21)18-11-4-5-12(13(16)8-11)15(19)17-14-7-9-2-3-10(14)6-9/h4-5,8-10,14,18H,2-3,6-7H2,1H3,(H,17,19)/t9-,10-,14-/m0/s1. The highest BCUT2D eigenvalue weighted by Gasteiger charge is 2.40. The van der Waals surface area contributed by atoms with Crippen molar-refractivity contribution in [1.29, 1.82) is 0 Å². The quantitative estimate of drug-likeness (QED) is 0.883. The Kier molecular flexibility index (Phi) is 4.07. The number of nitrogens with one attached hydrogen (secondary N) is 2. The normalized spacial score (nSPS) is 26.9. The number of fused-ring (bicyclic) bond motifs is 2. The number of anilines is 1. The fourth-order valence-electron chi connectivity index (χ4n) is 3.64. The first-order valence-corrected chi connectivity index (χ1v) is 9.67. The second-order valence-electron chi connectivity index (χ2n) is 6.32. The van der Waals surface area contributed by atoms with E-state index in [0.29, 0.717) is 17.2 Å². The molecule has 1 aromatic carbocycles. The lowest BCUT2D eigenvalue weighted by Gasteiger charge is -2.23. The summed E-state index contributed by atoms with van der Waals surface area (Å²) in [5, 5.41) is 3.32. The number of halogens is 1. The maximum atomic E-state index is 12.4. The van der Waals surface area contributed by atoms with Gasteiger partial charge in [-0.2, -0.15) is 0 Å². The smallest absolute Gasteiger partial charge is 0.253 e. The lowest BCUT2D eigenvalue weighted by molar-refractivity contribution is 0.0923. The van der Waals surface area contributed by atoms with Crippen LogP contribution in [0.15, 0.2) is 18.2 Å². The maximum absolute atomic E-state index is 12.4. The van der Waals surface area contributed by atoms with Crippen LogP contribution in [-0.2, 0) is 10.0 Å². The minimum atomic E-state index is -3.36. The van der Waals surface area contributed by atoms with E-state index in [1.807, 2.05) is 0 Å². The van der Waals surface area contributed by atoms with Crippen molar-refractivity contribution in [3.63, 3.8) is 0 Å². The van der Waals surface area contributed by atoms with Crippen LogP contribution in [0.1, 0.15) is 36.0 Å². The summed E-state index contributed by atoms with van der Waals surface area (Å²) in [6.45, 7) is 0. The van der Waals surface area contributed by atoms with Crippen molar-refractivity contribution in [3.05, 3.63) is 28.8 Å². The summed E-state index contributed by atoms with van der Waals surface area (Å²) >= 11 is 6.12. The van der Waals surface area contributed by atoms with Crippen LogP contribution >= 0.6 is 11.6 Å². The average Bonchev–Trinajstić information content (AvgIpc) is 2.98. The zero-order valence-electron chi connectivity index (χ0n) is 12.3. The van der Waals surface area contributed by atoms with Gasteiger partial charge in [-0.25, -0.2) is 8.42 Å². The second-order valence-corrected chi connectivity index (χ2v) is 8.48. The molecule has 0 aliphatic heterocycles. The van der Waals surface area contributed by atoms with Crippen LogP contribution in [0.3, 0.4) is 0 Å². The third kappa shape index (κ3) is 3.38. The lowest BCUT2D eigenvalue weighted by Crippen LogP contribution is -2.38. The second kappa shape index (κ2) is 5.74. The van der Waals surface area contributed by atoms with E-state index >= 15 is 0 Å². The predicted octanol–water partition coefficient (Wildman–Crippen LogP) is 2.63. The molecule has 2 fully saturated rings. The Balaban J connectivity index is 1.70. The van der Waals surface area contributed by atoms with E-state index in [1.54, 1.807) is 12.1 Å². The van der Waals surface area contributed by atoms with Gasteiger partial charge in [0.2, 0.25) is 10.0 Å². The van der Waals surface area contributed by atoms with E-state index in [1.165, 1.54) is 25.3 Å². The molecule has 0 saturated heterocycles. The van der Waals surface area contributed by atoms with E-state index in [-0.39, 0.29) is 17.0 Å². The van der Waals surface area contributed by atoms with Crippen molar-refractivity contribution < 1.29 is 13.2 Å². The summed E-state index contributed by atoms with van der Waals surface area (Å²) < 4.78 is 24.7. The SMILES string of the molecule is CS(=O)(=O)Nc1ccc(C(=O)N[C@H]2C[C@H]3CC[C@H]2C3)c(Cl)c1. The van der Waals surface area contributed by atoms with Gasteiger partial charge >= 0.3 is 0 Å². The molecule has 0 aromatic heterocycles. The highest BCUT2D eigenvalue weighted by Crippen LogP contribution is 2.44. The number of carbonyl (C=O) groups excluding carboxylic acids is 1. The first kappa shape index (κ1) is 15.6. The van der Waals surface area contributed by atoms with Crippen LogP contribution < -0.4 is 10.0 Å². The molecule has 0 spiro atoms. The van der Waals surface area contributed by atoms with Gasteiger partial charge in [0, 0.05) is 11.7 Å². The number of amides is 1. The Bertz CT molecular complexity index is 705. The number of hydrogen-bond donors (Lipinski definition) is 2. The highest BCUT2D eigenvalue weighted by atomic mass is 35.5. The molecule has 7 heteroatoms.